The smallest absolute Gasteiger partial charge is 0.119 e. The normalized spacial score (nSPS) is 20.1. The zero-order valence-electron chi connectivity index (χ0n) is 17.4. The Hall–Kier alpha value is -2.20. The van der Waals surface area contributed by atoms with Gasteiger partial charge in [-0.3, -0.25) is 0 Å². The summed E-state index contributed by atoms with van der Waals surface area (Å²) in [5, 5.41) is 4.95. The highest BCUT2D eigenvalue weighted by Crippen LogP contribution is 2.49. The van der Waals surface area contributed by atoms with Crippen LogP contribution in [-0.2, 0) is 0 Å². The van der Waals surface area contributed by atoms with E-state index in [0.29, 0.717) is 28.6 Å². The van der Waals surface area contributed by atoms with Crippen LogP contribution in [0.1, 0.15) is 24.3 Å². The first kappa shape index (κ1) is 20.7. The van der Waals surface area contributed by atoms with Gasteiger partial charge in [-0.05, 0) is 67.4 Å². The van der Waals surface area contributed by atoms with Crippen molar-refractivity contribution in [3.8, 4) is 16.9 Å². The quantitative estimate of drug-likeness (QED) is 0.484. The Morgan fingerprint density at radius 1 is 0.903 bits per heavy atom. The molecule has 0 amide bonds. The maximum absolute atomic E-state index is 6.63. The van der Waals surface area contributed by atoms with Crippen LogP contribution in [-0.4, -0.2) is 32.3 Å². The third kappa shape index (κ3) is 4.15. The number of hydrogen-bond donors (Lipinski definition) is 1. The number of nitrogens with zero attached hydrogens (tertiary/aromatic N) is 1. The Balaban J connectivity index is 1.49. The molecule has 2 aliphatic rings. The Kier molecular flexibility index (Phi) is 6.08. The van der Waals surface area contributed by atoms with Gasteiger partial charge in [0.25, 0.3) is 0 Å². The Bertz CT molecular complexity index is 1060. The van der Waals surface area contributed by atoms with Gasteiger partial charge in [-0.25, -0.2) is 0 Å². The molecule has 0 saturated carbocycles. The van der Waals surface area contributed by atoms with Gasteiger partial charge in [-0.2, -0.15) is 0 Å². The summed E-state index contributed by atoms with van der Waals surface area (Å²) in [4.78, 5) is 2.56. The fourth-order valence-electron chi connectivity index (χ4n) is 5.12. The maximum Gasteiger partial charge on any atom is 0.119 e. The number of rotatable bonds is 5. The van der Waals surface area contributed by atoms with Crippen LogP contribution in [0.15, 0.2) is 66.7 Å². The standard InChI is InChI=1S/C26H26Cl2N2O/c27-18-9-10-20(23(28)17-18)21-7-4-8-25-26(21)22-11-13-29-14-12-24(22)30(25)15-16-31-19-5-2-1-3-6-19/h1-10,17,22,24,29H,11-16H2. The lowest BCUT2D eigenvalue weighted by molar-refractivity contribution is 0.317. The predicted molar refractivity (Wildman–Crippen MR) is 130 cm³/mol. The number of hydrogen-bond acceptors (Lipinski definition) is 3. The monoisotopic (exact) mass is 452 g/mol. The molecule has 1 N–H and O–H groups in total. The highest BCUT2D eigenvalue weighted by molar-refractivity contribution is 6.36. The van der Waals surface area contributed by atoms with Crippen LogP contribution in [0.4, 0.5) is 5.69 Å². The van der Waals surface area contributed by atoms with Gasteiger partial charge >= 0.3 is 0 Å². The first-order valence-corrected chi connectivity index (χ1v) is 11.7. The van der Waals surface area contributed by atoms with Gasteiger partial charge in [0.2, 0.25) is 0 Å². The molecule has 0 aliphatic carbocycles. The average Bonchev–Trinajstić information content (AvgIpc) is 2.91. The minimum absolute atomic E-state index is 0.469. The van der Waals surface area contributed by atoms with Crippen LogP contribution in [0.25, 0.3) is 11.1 Å². The van der Waals surface area contributed by atoms with Crippen molar-refractivity contribution < 1.29 is 4.74 Å². The van der Waals surface area contributed by atoms with Crippen LogP contribution in [0, 0.1) is 0 Å². The van der Waals surface area contributed by atoms with Crippen molar-refractivity contribution >= 4 is 28.9 Å². The molecule has 160 valence electrons. The molecule has 2 unspecified atom stereocenters. The summed E-state index contributed by atoms with van der Waals surface area (Å²) >= 11 is 12.8. The molecule has 0 spiro atoms. The van der Waals surface area contributed by atoms with Crippen molar-refractivity contribution in [3.05, 3.63) is 82.3 Å². The van der Waals surface area contributed by atoms with Gasteiger partial charge in [0, 0.05) is 33.3 Å². The number of nitrogens with one attached hydrogen (secondary N) is 1. The van der Waals surface area contributed by atoms with Gasteiger partial charge < -0.3 is 15.0 Å². The van der Waals surface area contributed by atoms with Gasteiger partial charge in [0.05, 0.1) is 6.54 Å². The Morgan fingerprint density at radius 3 is 2.58 bits per heavy atom. The lowest BCUT2D eigenvalue weighted by Gasteiger charge is -2.29. The Labute approximate surface area is 193 Å². The van der Waals surface area contributed by atoms with E-state index in [-0.39, 0.29) is 0 Å². The summed E-state index contributed by atoms with van der Waals surface area (Å²) in [5.41, 5.74) is 5.01. The molecule has 3 aromatic carbocycles. The van der Waals surface area contributed by atoms with Gasteiger partial charge in [0.15, 0.2) is 0 Å². The molecule has 0 radical (unpaired) electrons. The number of para-hydroxylation sites is 1. The molecule has 31 heavy (non-hydrogen) atoms. The zero-order chi connectivity index (χ0) is 21.2. The lowest BCUT2D eigenvalue weighted by Crippen LogP contribution is -2.37. The van der Waals surface area contributed by atoms with Crippen molar-refractivity contribution in [1.29, 1.82) is 0 Å². The van der Waals surface area contributed by atoms with E-state index in [9.17, 15) is 0 Å². The van der Waals surface area contributed by atoms with Crippen molar-refractivity contribution in [3.63, 3.8) is 0 Å². The van der Waals surface area contributed by atoms with Gasteiger partial charge in [-0.1, -0.05) is 59.6 Å². The summed E-state index contributed by atoms with van der Waals surface area (Å²) in [6, 6.07) is 22.9. The first-order chi connectivity index (χ1) is 15.2. The highest BCUT2D eigenvalue weighted by atomic mass is 35.5. The summed E-state index contributed by atoms with van der Waals surface area (Å²) < 4.78 is 6.05. The Morgan fingerprint density at radius 2 is 1.74 bits per heavy atom. The van der Waals surface area contributed by atoms with Crippen LogP contribution in [0.2, 0.25) is 10.0 Å². The lowest BCUT2D eigenvalue weighted by atomic mass is 9.86. The average molecular weight is 453 g/mol. The van der Waals surface area contributed by atoms with Crippen LogP contribution in [0.5, 0.6) is 5.75 Å². The van der Waals surface area contributed by atoms with E-state index in [1.807, 2.05) is 48.5 Å². The molecule has 0 bridgehead atoms. The second-order valence-corrected chi connectivity index (χ2v) is 9.06. The van der Waals surface area contributed by atoms with Crippen molar-refractivity contribution in [2.45, 2.75) is 24.8 Å². The SMILES string of the molecule is Clc1ccc(-c2cccc3c2C2CCNCCC2N3CCOc2ccccc2)c(Cl)c1. The van der Waals surface area contributed by atoms with Crippen LogP contribution in [0.3, 0.4) is 0 Å². The van der Waals surface area contributed by atoms with Crippen LogP contribution >= 0.6 is 23.2 Å². The van der Waals surface area contributed by atoms with Crippen molar-refractivity contribution in [2.75, 3.05) is 31.1 Å². The second-order valence-electron chi connectivity index (χ2n) is 8.22. The van der Waals surface area contributed by atoms with Gasteiger partial charge in [0.1, 0.15) is 12.4 Å². The van der Waals surface area contributed by atoms with E-state index in [2.05, 4.69) is 28.4 Å². The summed E-state index contributed by atoms with van der Waals surface area (Å²) in [6.07, 6.45) is 2.24. The molecule has 3 nitrogen and oxygen atoms in total. The molecular weight excluding hydrogens is 427 g/mol. The summed E-state index contributed by atoms with van der Waals surface area (Å²) in [7, 11) is 0. The third-order valence-corrected chi connectivity index (χ3v) is 6.99. The molecule has 5 heteroatoms. The third-order valence-electron chi connectivity index (χ3n) is 6.44. The molecular formula is C26H26Cl2N2O. The number of benzene rings is 3. The minimum atomic E-state index is 0.469. The zero-order valence-corrected chi connectivity index (χ0v) is 18.9. The molecule has 1 saturated heterocycles. The number of halogens is 2. The molecule has 2 atom stereocenters. The molecule has 2 heterocycles. The van der Waals surface area contributed by atoms with E-state index in [0.717, 1.165) is 43.8 Å². The molecule has 2 aliphatic heterocycles. The number of ether oxygens (including phenoxy) is 1. The maximum atomic E-state index is 6.63. The second kappa shape index (κ2) is 9.12. The van der Waals surface area contributed by atoms with E-state index < -0.39 is 0 Å². The van der Waals surface area contributed by atoms with E-state index >= 15 is 0 Å². The number of fused-ring (bicyclic) bond motifs is 3. The molecule has 3 aromatic rings. The van der Waals surface area contributed by atoms with Gasteiger partial charge in [-0.15, -0.1) is 0 Å². The van der Waals surface area contributed by atoms with E-state index in [1.165, 1.54) is 16.8 Å². The fourth-order valence-corrected chi connectivity index (χ4v) is 5.63. The number of anilines is 1. The predicted octanol–water partition coefficient (Wildman–Crippen LogP) is 6.40. The van der Waals surface area contributed by atoms with Crippen molar-refractivity contribution in [2.24, 2.45) is 0 Å². The summed E-state index contributed by atoms with van der Waals surface area (Å²) in [6.45, 7) is 3.60. The summed E-state index contributed by atoms with van der Waals surface area (Å²) in [5.74, 6) is 1.40. The molecule has 1 fully saturated rings. The molecule has 0 aromatic heterocycles. The fraction of sp³-hybridized carbons (Fsp3) is 0.308. The largest absolute Gasteiger partial charge is 0.492 e. The highest BCUT2D eigenvalue weighted by Gasteiger charge is 2.40. The van der Waals surface area contributed by atoms with E-state index in [4.69, 9.17) is 27.9 Å². The minimum Gasteiger partial charge on any atom is -0.492 e. The molecule has 5 rings (SSSR count). The topological polar surface area (TPSA) is 24.5 Å². The first-order valence-electron chi connectivity index (χ1n) is 11.0. The van der Waals surface area contributed by atoms with Crippen molar-refractivity contribution in [1.82, 2.24) is 5.32 Å². The van der Waals surface area contributed by atoms with Crippen LogP contribution < -0.4 is 15.0 Å². The van der Waals surface area contributed by atoms with E-state index in [1.54, 1.807) is 0 Å².